The van der Waals surface area contributed by atoms with Crippen molar-refractivity contribution in [1.82, 2.24) is 10.2 Å². The van der Waals surface area contributed by atoms with E-state index in [1.807, 2.05) is 0 Å². The molecule has 120 valence electrons. The van der Waals surface area contributed by atoms with Crippen molar-refractivity contribution in [2.75, 3.05) is 39.4 Å². The number of ether oxygens (including phenoxy) is 1. The van der Waals surface area contributed by atoms with E-state index in [1.165, 1.54) is 45.2 Å². The van der Waals surface area contributed by atoms with Crippen molar-refractivity contribution in [2.24, 2.45) is 0 Å². The van der Waals surface area contributed by atoms with Crippen molar-refractivity contribution in [3.05, 3.63) is 0 Å². The molecular weight excluding hydrogens is 252 g/mol. The van der Waals surface area contributed by atoms with Gasteiger partial charge in [-0.3, -0.25) is 4.90 Å². The Balaban J connectivity index is 1.90. The maximum atomic E-state index is 9.83. The highest BCUT2D eigenvalue weighted by Gasteiger charge is 2.17. The molecule has 2 N–H and O–H groups in total. The van der Waals surface area contributed by atoms with Crippen LogP contribution < -0.4 is 5.32 Å². The van der Waals surface area contributed by atoms with Crippen LogP contribution in [-0.2, 0) is 4.74 Å². The number of hydrogen-bond donors (Lipinski definition) is 2. The number of rotatable bonds is 12. The first-order chi connectivity index (χ1) is 9.74. The third-order valence-corrected chi connectivity index (χ3v) is 4.04. The van der Waals surface area contributed by atoms with Gasteiger partial charge < -0.3 is 15.2 Å². The zero-order valence-electron chi connectivity index (χ0n) is 13.4. The summed E-state index contributed by atoms with van der Waals surface area (Å²) in [5.74, 6) is 0. The van der Waals surface area contributed by atoms with Crippen molar-refractivity contribution in [3.63, 3.8) is 0 Å². The minimum absolute atomic E-state index is 0.382. The highest BCUT2D eigenvalue weighted by molar-refractivity contribution is 4.75. The molecule has 0 bridgehead atoms. The van der Waals surface area contributed by atoms with Crippen LogP contribution in [0.15, 0.2) is 0 Å². The monoisotopic (exact) mass is 286 g/mol. The molecule has 0 aliphatic carbocycles. The van der Waals surface area contributed by atoms with Crippen LogP contribution in [0.1, 0.15) is 52.4 Å². The molecule has 1 aliphatic rings. The smallest absolute Gasteiger partial charge is 0.0897 e. The van der Waals surface area contributed by atoms with Gasteiger partial charge in [0.1, 0.15) is 0 Å². The molecule has 4 heteroatoms. The fraction of sp³-hybridized carbons (Fsp3) is 1.00. The second-order valence-corrected chi connectivity index (χ2v) is 6.04. The van der Waals surface area contributed by atoms with Gasteiger partial charge in [-0.1, -0.05) is 26.2 Å². The van der Waals surface area contributed by atoms with Gasteiger partial charge >= 0.3 is 0 Å². The summed E-state index contributed by atoms with van der Waals surface area (Å²) in [6, 6.07) is 0.569. The number of nitrogens with one attached hydrogen (secondary N) is 1. The Labute approximate surface area is 124 Å². The summed E-state index contributed by atoms with van der Waals surface area (Å²) in [6.07, 6.45) is 7.16. The van der Waals surface area contributed by atoms with Crippen LogP contribution in [0, 0.1) is 0 Å². The number of aliphatic hydroxyl groups is 1. The van der Waals surface area contributed by atoms with Gasteiger partial charge in [0.05, 0.1) is 12.7 Å². The summed E-state index contributed by atoms with van der Waals surface area (Å²) in [5, 5.41) is 13.2. The van der Waals surface area contributed by atoms with E-state index in [9.17, 15) is 5.11 Å². The molecule has 2 unspecified atom stereocenters. The average Bonchev–Trinajstić information content (AvgIpc) is 2.96. The minimum atomic E-state index is -0.382. The molecule has 0 saturated carbocycles. The molecule has 1 rings (SSSR count). The maximum absolute atomic E-state index is 9.83. The van der Waals surface area contributed by atoms with Gasteiger partial charge in [-0.05, 0) is 39.3 Å². The Kier molecular flexibility index (Phi) is 10.3. The lowest BCUT2D eigenvalue weighted by molar-refractivity contribution is 0.0348. The SMILES string of the molecule is CCCCCCOCC(O)CNCC(C)N1CCCC1. The lowest BCUT2D eigenvalue weighted by atomic mass is 10.2. The van der Waals surface area contributed by atoms with E-state index in [-0.39, 0.29) is 6.10 Å². The Morgan fingerprint density at radius 2 is 1.90 bits per heavy atom. The van der Waals surface area contributed by atoms with Gasteiger partial charge in [0.2, 0.25) is 0 Å². The van der Waals surface area contributed by atoms with E-state index in [0.717, 1.165) is 19.6 Å². The number of likely N-dealkylation sites (tertiary alicyclic amines) is 1. The molecule has 0 spiro atoms. The summed E-state index contributed by atoms with van der Waals surface area (Å²) >= 11 is 0. The van der Waals surface area contributed by atoms with E-state index in [1.54, 1.807) is 0 Å². The molecule has 0 aromatic carbocycles. The fourth-order valence-corrected chi connectivity index (χ4v) is 2.68. The topological polar surface area (TPSA) is 44.7 Å². The second-order valence-electron chi connectivity index (χ2n) is 6.04. The number of nitrogens with zero attached hydrogens (tertiary/aromatic N) is 1. The Hall–Kier alpha value is -0.160. The summed E-state index contributed by atoms with van der Waals surface area (Å²) in [6.45, 7) is 9.74. The van der Waals surface area contributed by atoms with E-state index < -0.39 is 0 Å². The lowest BCUT2D eigenvalue weighted by Gasteiger charge is -2.24. The molecule has 1 fully saturated rings. The third-order valence-electron chi connectivity index (χ3n) is 4.04. The van der Waals surface area contributed by atoms with Crippen LogP contribution in [0.2, 0.25) is 0 Å². The zero-order valence-corrected chi connectivity index (χ0v) is 13.4. The van der Waals surface area contributed by atoms with Crippen LogP contribution >= 0.6 is 0 Å². The maximum Gasteiger partial charge on any atom is 0.0897 e. The molecule has 1 aliphatic heterocycles. The van der Waals surface area contributed by atoms with Crippen LogP contribution in [0.4, 0.5) is 0 Å². The van der Waals surface area contributed by atoms with Crippen LogP contribution in [0.5, 0.6) is 0 Å². The minimum Gasteiger partial charge on any atom is -0.389 e. The largest absolute Gasteiger partial charge is 0.389 e. The quantitative estimate of drug-likeness (QED) is 0.539. The molecule has 20 heavy (non-hydrogen) atoms. The first-order valence-electron chi connectivity index (χ1n) is 8.44. The van der Waals surface area contributed by atoms with Gasteiger partial charge in [0.25, 0.3) is 0 Å². The van der Waals surface area contributed by atoms with E-state index >= 15 is 0 Å². The Morgan fingerprint density at radius 1 is 1.15 bits per heavy atom. The zero-order chi connectivity index (χ0) is 14.6. The highest BCUT2D eigenvalue weighted by atomic mass is 16.5. The van der Waals surface area contributed by atoms with Gasteiger partial charge in [-0.25, -0.2) is 0 Å². The third kappa shape index (κ3) is 8.20. The molecule has 0 aromatic rings. The fourth-order valence-electron chi connectivity index (χ4n) is 2.68. The number of aliphatic hydroxyl groups excluding tert-OH is 1. The van der Waals surface area contributed by atoms with Crippen molar-refractivity contribution in [1.29, 1.82) is 0 Å². The van der Waals surface area contributed by atoms with Crippen molar-refractivity contribution in [3.8, 4) is 0 Å². The van der Waals surface area contributed by atoms with Crippen molar-refractivity contribution in [2.45, 2.75) is 64.5 Å². The van der Waals surface area contributed by atoms with Crippen molar-refractivity contribution < 1.29 is 9.84 Å². The molecule has 0 amide bonds. The highest BCUT2D eigenvalue weighted by Crippen LogP contribution is 2.10. The van der Waals surface area contributed by atoms with Crippen LogP contribution in [0.3, 0.4) is 0 Å². The van der Waals surface area contributed by atoms with Crippen LogP contribution in [-0.4, -0.2) is 61.5 Å². The molecule has 1 heterocycles. The van der Waals surface area contributed by atoms with E-state index in [4.69, 9.17) is 4.74 Å². The predicted octanol–water partition coefficient (Wildman–Crippen LogP) is 2.02. The first-order valence-corrected chi connectivity index (χ1v) is 8.44. The summed E-state index contributed by atoms with van der Waals surface area (Å²) in [7, 11) is 0. The van der Waals surface area contributed by atoms with Crippen LogP contribution in [0.25, 0.3) is 0 Å². The Morgan fingerprint density at radius 3 is 2.60 bits per heavy atom. The normalized spacial score (nSPS) is 19.4. The second kappa shape index (κ2) is 11.5. The molecule has 2 atom stereocenters. The summed E-state index contributed by atoms with van der Waals surface area (Å²) in [4.78, 5) is 2.52. The van der Waals surface area contributed by atoms with Gasteiger partial charge in [-0.15, -0.1) is 0 Å². The molecule has 0 radical (unpaired) electrons. The van der Waals surface area contributed by atoms with Crippen molar-refractivity contribution >= 4 is 0 Å². The van der Waals surface area contributed by atoms with E-state index in [2.05, 4.69) is 24.1 Å². The Bertz CT molecular complexity index is 221. The predicted molar refractivity (Wildman–Crippen MR) is 84.1 cm³/mol. The standard InChI is InChI=1S/C16H34N2O2/c1-3-4-5-8-11-20-14-16(19)13-17-12-15(2)18-9-6-7-10-18/h15-17,19H,3-14H2,1-2H3. The lowest BCUT2D eigenvalue weighted by Crippen LogP contribution is -2.41. The summed E-state index contributed by atoms with van der Waals surface area (Å²) < 4.78 is 5.50. The molecule has 1 saturated heterocycles. The molecule has 4 nitrogen and oxygen atoms in total. The van der Waals surface area contributed by atoms with Gasteiger partial charge in [0.15, 0.2) is 0 Å². The molecule has 0 aromatic heterocycles. The van der Waals surface area contributed by atoms with Gasteiger partial charge in [0, 0.05) is 25.7 Å². The molecular formula is C16H34N2O2. The average molecular weight is 286 g/mol. The number of unbranched alkanes of at least 4 members (excludes halogenated alkanes) is 3. The first kappa shape index (κ1) is 17.9. The van der Waals surface area contributed by atoms with E-state index in [0.29, 0.717) is 19.2 Å². The number of hydrogen-bond acceptors (Lipinski definition) is 4. The summed E-state index contributed by atoms with van der Waals surface area (Å²) in [5.41, 5.74) is 0. The van der Waals surface area contributed by atoms with Gasteiger partial charge in [-0.2, -0.15) is 0 Å².